The monoisotopic (exact) mass is 252 g/mol. The molecule has 0 radical (unpaired) electrons. The molecule has 2 aliphatic carbocycles. The standard InChI is InChI=1S/C14H24N2S/c1-2-7-14(8-3-1)10-16-13(17-11-14)15-9-12-5-4-6-12/h12H,1-11H2,(H,15,16). The molecule has 0 unspecified atom stereocenters. The molecule has 3 rings (SSSR count). The van der Waals surface area contributed by atoms with Crippen LogP contribution in [-0.4, -0.2) is 24.0 Å². The summed E-state index contributed by atoms with van der Waals surface area (Å²) in [6, 6.07) is 0. The van der Waals surface area contributed by atoms with Crippen LogP contribution < -0.4 is 5.32 Å². The van der Waals surface area contributed by atoms with Crippen LogP contribution in [0.2, 0.25) is 0 Å². The van der Waals surface area contributed by atoms with Gasteiger partial charge in [0.2, 0.25) is 0 Å². The topological polar surface area (TPSA) is 24.4 Å². The SMILES string of the molecule is C1CCC2(CC1)CN=C(NCC1CCC1)SC2. The fraction of sp³-hybridized carbons (Fsp3) is 0.929. The highest BCUT2D eigenvalue weighted by atomic mass is 32.2. The van der Waals surface area contributed by atoms with Crippen molar-refractivity contribution < 1.29 is 0 Å². The summed E-state index contributed by atoms with van der Waals surface area (Å²) >= 11 is 1.98. The first-order valence-electron chi connectivity index (χ1n) is 7.28. The van der Waals surface area contributed by atoms with Crippen molar-refractivity contribution >= 4 is 16.9 Å². The summed E-state index contributed by atoms with van der Waals surface area (Å²) in [6.45, 7) is 2.26. The fourth-order valence-corrected chi connectivity index (χ4v) is 4.36. The number of hydrogen-bond donors (Lipinski definition) is 1. The summed E-state index contributed by atoms with van der Waals surface area (Å²) in [4.78, 5) is 4.81. The van der Waals surface area contributed by atoms with E-state index >= 15 is 0 Å². The van der Waals surface area contributed by atoms with E-state index in [-0.39, 0.29) is 0 Å². The molecule has 0 aromatic carbocycles. The second kappa shape index (κ2) is 5.21. The van der Waals surface area contributed by atoms with Gasteiger partial charge in [-0.3, -0.25) is 4.99 Å². The van der Waals surface area contributed by atoms with E-state index in [1.165, 1.54) is 68.8 Å². The smallest absolute Gasteiger partial charge is 0.156 e. The Morgan fingerprint density at radius 3 is 2.59 bits per heavy atom. The average molecular weight is 252 g/mol. The van der Waals surface area contributed by atoms with E-state index in [1.807, 2.05) is 11.8 Å². The van der Waals surface area contributed by atoms with Gasteiger partial charge in [-0.2, -0.15) is 0 Å². The lowest BCUT2D eigenvalue weighted by atomic mass is 9.75. The summed E-state index contributed by atoms with van der Waals surface area (Å²) in [6.07, 6.45) is 11.4. The molecule has 2 fully saturated rings. The lowest BCUT2D eigenvalue weighted by molar-refractivity contribution is 0.232. The Balaban J connectivity index is 1.48. The number of nitrogens with one attached hydrogen (secondary N) is 1. The Bertz CT molecular complexity index is 291. The summed E-state index contributed by atoms with van der Waals surface area (Å²) in [5, 5.41) is 4.79. The molecule has 0 aromatic rings. The quantitative estimate of drug-likeness (QED) is 0.814. The molecule has 1 N–H and O–H groups in total. The third-order valence-electron chi connectivity index (χ3n) is 4.75. The molecule has 96 valence electrons. The van der Waals surface area contributed by atoms with E-state index < -0.39 is 0 Å². The highest BCUT2D eigenvalue weighted by Gasteiger charge is 2.34. The van der Waals surface area contributed by atoms with Crippen molar-refractivity contribution in [3.05, 3.63) is 0 Å². The van der Waals surface area contributed by atoms with Gasteiger partial charge < -0.3 is 5.32 Å². The van der Waals surface area contributed by atoms with Crippen LogP contribution >= 0.6 is 11.8 Å². The van der Waals surface area contributed by atoms with Gasteiger partial charge >= 0.3 is 0 Å². The van der Waals surface area contributed by atoms with Crippen LogP contribution in [0.5, 0.6) is 0 Å². The molecule has 3 heteroatoms. The predicted octanol–water partition coefficient (Wildman–Crippen LogP) is 3.43. The molecule has 0 amide bonds. The number of amidine groups is 1. The number of aliphatic imine (C=N–C) groups is 1. The van der Waals surface area contributed by atoms with Gasteiger partial charge in [0.15, 0.2) is 5.17 Å². The number of thioether (sulfide) groups is 1. The van der Waals surface area contributed by atoms with E-state index in [0.29, 0.717) is 5.41 Å². The number of rotatable bonds is 2. The molecule has 3 aliphatic rings. The maximum atomic E-state index is 4.81. The average Bonchev–Trinajstić information content (AvgIpc) is 2.31. The highest BCUT2D eigenvalue weighted by Crippen LogP contribution is 2.41. The normalized spacial score (nSPS) is 28.6. The first-order chi connectivity index (χ1) is 8.36. The van der Waals surface area contributed by atoms with Crippen LogP contribution in [0.1, 0.15) is 51.4 Å². The van der Waals surface area contributed by atoms with Gasteiger partial charge in [0.05, 0.1) is 0 Å². The van der Waals surface area contributed by atoms with Crippen molar-refractivity contribution in [1.82, 2.24) is 5.32 Å². The first-order valence-corrected chi connectivity index (χ1v) is 8.26. The molecular weight excluding hydrogens is 228 g/mol. The van der Waals surface area contributed by atoms with Crippen LogP contribution in [0, 0.1) is 11.3 Å². The van der Waals surface area contributed by atoms with Gasteiger partial charge in [0.1, 0.15) is 0 Å². The summed E-state index contributed by atoms with van der Waals surface area (Å²) in [7, 11) is 0. The van der Waals surface area contributed by atoms with E-state index in [2.05, 4.69) is 5.32 Å². The van der Waals surface area contributed by atoms with Crippen LogP contribution in [0.4, 0.5) is 0 Å². The molecule has 1 spiro atoms. The van der Waals surface area contributed by atoms with Gasteiger partial charge in [-0.05, 0) is 37.0 Å². The fourth-order valence-electron chi connectivity index (χ4n) is 3.19. The Morgan fingerprint density at radius 1 is 1.18 bits per heavy atom. The third-order valence-corrected chi connectivity index (χ3v) is 6.06. The third kappa shape index (κ3) is 2.81. The minimum Gasteiger partial charge on any atom is -0.365 e. The summed E-state index contributed by atoms with van der Waals surface area (Å²) in [5.41, 5.74) is 0.574. The Labute approximate surface area is 109 Å². The molecule has 1 aliphatic heterocycles. The minimum absolute atomic E-state index is 0.574. The molecule has 17 heavy (non-hydrogen) atoms. The van der Waals surface area contributed by atoms with Crippen molar-refractivity contribution in [2.75, 3.05) is 18.8 Å². The van der Waals surface area contributed by atoms with E-state index in [4.69, 9.17) is 4.99 Å². The molecular formula is C14H24N2S. The summed E-state index contributed by atoms with van der Waals surface area (Å²) in [5.74, 6) is 2.24. The van der Waals surface area contributed by atoms with Crippen molar-refractivity contribution in [2.45, 2.75) is 51.4 Å². The van der Waals surface area contributed by atoms with Gasteiger partial charge in [-0.1, -0.05) is 37.4 Å². The van der Waals surface area contributed by atoms with E-state index in [1.54, 1.807) is 0 Å². The molecule has 2 saturated carbocycles. The molecule has 0 aromatic heterocycles. The Morgan fingerprint density at radius 2 is 2.00 bits per heavy atom. The van der Waals surface area contributed by atoms with Gasteiger partial charge in [0, 0.05) is 18.8 Å². The lowest BCUT2D eigenvalue weighted by Gasteiger charge is -2.38. The van der Waals surface area contributed by atoms with Crippen LogP contribution in [0.3, 0.4) is 0 Å². The zero-order valence-electron chi connectivity index (χ0n) is 10.7. The van der Waals surface area contributed by atoms with Crippen LogP contribution in [-0.2, 0) is 0 Å². The highest BCUT2D eigenvalue weighted by molar-refractivity contribution is 8.13. The molecule has 2 nitrogen and oxygen atoms in total. The van der Waals surface area contributed by atoms with Crippen LogP contribution in [0.25, 0.3) is 0 Å². The number of hydrogen-bond acceptors (Lipinski definition) is 3. The Kier molecular flexibility index (Phi) is 3.64. The Hall–Kier alpha value is -0.180. The number of nitrogens with zero attached hydrogens (tertiary/aromatic N) is 1. The lowest BCUT2D eigenvalue weighted by Crippen LogP contribution is -2.38. The zero-order chi connectivity index (χ0) is 11.6. The molecule has 0 atom stereocenters. The second-order valence-corrected chi connectivity index (χ2v) is 7.11. The molecule has 1 heterocycles. The first kappa shape index (κ1) is 11.9. The van der Waals surface area contributed by atoms with Gasteiger partial charge in [-0.25, -0.2) is 0 Å². The molecule has 0 bridgehead atoms. The van der Waals surface area contributed by atoms with Crippen LogP contribution in [0.15, 0.2) is 4.99 Å². The zero-order valence-corrected chi connectivity index (χ0v) is 11.5. The van der Waals surface area contributed by atoms with Crippen molar-refractivity contribution in [2.24, 2.45) is 16.3 Å². The van der Waals surface area contributed by atoms with Crippen molar-refractivity contribution in [3.8, 4) is 0 Å². The predicted molar refractivity (Wildman–Crippen MR) is 75.6 cm³/mol. The van der Waals surface area contributed by atoms with E-state index in [9.17, 15) is 0 Å². The second-order valence-electron chi connectivity index (χ2n) is 6.15. The largest absolute Gasteiger partial charge is 0.365 e. The molecule has 0 saturated heterocycles. The van der Waals surface area contributed by atoms with Crippen molar-refractivity contribution in [1.29, 1.82) is 0 Å². The minimum atomic E-state index is 0.574. The summed E-state index contributed by atoms with van der Waals surface area (Å²) < 4.78 is 0. The van der Waals surface area contributed by atoms with Crippen molar-refractivity contribution in [3.63, 3.8) is 0 Å². The van der Waals surface area contributed by atoms with E-state index in [0.717, 1.165) is 12.5 Å². The maximum Gasteiger partial charge on any atom is 0.156 e. The maximum absolute atomic E-state index is 4.81. The van der Waals surface area contributed by atoms with Gasteiger partial charge in [0.25, 0.3) is 0 Å². The van der Waals surface area contributed by atoms with Gasteiger partial charge in [-0.15, -0.1) is 0 Å².